The predicted molar refractivity (Wildman–Crippen MR) is 85.1 cm³/mol. The van der Waals surface area contributed by atoms with E-state index in [2.05, 4.69) is 44.0 Å². The van der Waals surface area contributed by atoms with E-state index in [1.807, 2.05) is 6.07 Å². The van der Waals surface area contributed by atoms with Gasteiger partial charge in [0.15, 0.2) is 0 Å². The molecule has 1 aliphatic rings. The number of nitrogens with one attached hydrogen (secondary N) is 1. The molecule has 0 spiro atoms. The highest BCUT2D eigenvalue weighted by Crippen LogP contribution is 2.28. The van der Waals surface area contributed by atoms with Crippen LogP contribution in [0.5, 0.6) is 0 Å². The molecule has 0 saturated carbocycles. The van der Waals surface area contributed by atoms with Crippen LogP contribution in [0.25, 0.3) is 0 Å². The maximum absolute atomic E-state index is 6.04. The van der Waals surface area contributed by atoms with Crippen LogP contribution in [0.2, 0.25) is 4.34 Å². The molecular formula is C15H25ClN2S. The Bertz CT molecular complexity index is 411. The molecule has 2 unspecified atom stereocenters. The fourth-order valence-corrected chi connectivity index (χ4v) is 3.78. The Balaban J connectivity index is 2.05. The van der Waals surface area contributed by atoms with E-state index in [1.165, 1.54) is 11.3 Å². The first kappa shape index (κ1) is 15.3. The zero-order valence-electron chi connectivity index (χ0n) is 12.4. The molecule has 1 N–H and O–H groups in total. The van der Waals surface area contributed by atoms with Gasteiger partial charge in [-0.3, -0.25) is 4.90 Å². The van der Waals surface area contributed by atoms with Crippen molar-refractivity contribution in [2.45, 2.75) is 52.7 Å². The predicted octanol–water partition coefficient (Wildman–Crippen LogP) is 4.00. The fraction of sp³-hybridized carbons (Fsp3) is 0.733. The van der Waals surface area contributed by atoms with Crippen molar-refractivity contribution in [2.24, 2.45) is 5.41 Å². The van der Waals surface area contributed by atoms with E-state index in [0.29, 0.717) is 17.5 Å². The van der Waals surface area contributed by atoms with Gasteiger partial charge >= 0.3 is 0 Å². The first-order valence-electron chi connectivity index (χ1n) is 7.11. The molecule has 19 heavy (non-hydrogen) atoms. The van der Waals surface area contributed by atoms with Crippen LogP contribution in [0, 0.1) is 5.41 Å². The van der Waals surface area contributed by atoms with Crippen LogP contribution in [0.15, 0.2) is 12.1 Å². The molecule has 0 aromatic carbocycles. The lowest BCUT2D eigenvalue weighted by Crippen LogP contribution is -2.59. The third-order valence-electron chi connectivity index (χ3n) is 4.04. The summed E-state index contributed by atoms with van der Waals surface area (Å²) in [7, 11) is 0. The molecule has 1 fully saturated rings. The lowest BCUT2D eigenvalue weighted by Gasteiger charge is -2.44. The number of thiophene rings is 1. The molecular weight excluding hydrogens is 276 g/mol. The third-order valence-corrected chi connectivity index (χ3v) is 5.25. The van der Waals surface area contributed by atoms with Gasteiger partial charge in [-0.2, -0.15) is 0 Å². The molecule has 0 radical (unpaired) electrons. The maximum Gasteiger partial charge on any atom is 0.0931 e. The SMILES string of the molecule is CCC1CNC(C(C)(C)C)CN1Cc1ccc(Cl)s1. The van der Waals surface area contributed by atoms with E-state index in [0.717, 1.165) is 24.0 Å². The van der Waals surface area contributed by atoms with Gasteiger partial charge < -0.3 is 5.32 Å². The van der Waals surface area contributed by atoms with E-state index >= 15 is 0 Å². The molecule has 2 heterocycles. The minimum atomic E-state index is 0.310. The second kappa shape index (κ2) is 6.13. The molecule has 2 nitrogen and oxygen atoms in total. The average molecular weight is 301 g/mol. The van der Waals surface area contributed by atoms with Gasteiger partial charge in [0.05, 0.1) is 4.34 Å². The van der Waals surface area contributed by atoms with E-state index in [-0.39, 0.29) is 0 Å². The number of halogens is 1. The van der Waals surface area contributed by atoms with E-state index in [9.17, 15) is 0 Å². The summed E-state index contributed by atoms with van der Waals surface area (Å²) >= 11 is 7.74. The summed E-state index contributed by atoms with van der Waals surface area (Å²) in [4.78, 5) is 3.99. The van der Waals surface area contributed by atoms with Crippen LogP contribution in [0.4, 0.5) is 0 Å². The Kier molecular flexibility index (Phi) is 4.93. The standard InChI is InChI=1S/C15H25ClN2S/c1-5-11-8-17-13(15(2,3)4)10-18(11)9-12-6-7-14(16)19-12/h6-7,11,13,17H,5,8-10H2,1-4H3. The van der Waals surface area contributed by atoms with Gasteiger partial charge in [0, 0.05) is 36.6 Å². The largest absolute Gasteiger partial charge is 0.311 e. The highest BCUT2D eigenvalue weighted by atomic mass is 35.5. The molecule has 0 aliphatic carbocycles. The Hall–Kier alpha value is -0.0900. The maximum atomic E-state index is 6.04. The number of hydrogen-bond acceptors (Lipinski definition) is 3. The lowest BCUT2D eigenvalue weighted by molar-refractivity contribution is 0.0783. The minimum absolute atomic E-state index is 0.310. The summed E-state index contributed by atoms with van der Waals surface area (Å²) in [6, 6.07) is 5.37. The van der Waals surface area contributed by atoms with Gasteiger partial charge in [0.2, 0.25) is 0 Å². The zero-order valence-corrected chi connectivity index (χ0v) is 13.9. The zero-order chi connectivity index (χ0) is 14.0. The first-order chi connectivity index (χ1) is 8.90. The van der Waals surface area contributed by atoms with Crippen LogP contribution in [-0.2, 0) is 6.54 Å². The third kappa shape index (κ3) is 3.94. The van der Waals surface area contributed by atoms with Gasteiger partial charge in [-0.15, -0.1) is 11.3 Å². The number of nitrogens with zero attached hydrogens (tertiary/aromatic N) is 1. The monoisotopic (exact) mass is 300 g/mol. The van der Waals surface area contributed by atoms with Crippen LogP contribution in [0.1, 0.15) is 39.0 Å². The van der Waals surface area contributed by atoms with Crippen molar-refractivity contribution < 1.29 is 0 Å². The Labute approximate surface area is 126 Å². The van der Waals surface area contributed by atoms with Gasteiger partial charge in [-0.25, -0.2) is 0 Å². The molecule has 1 aromatic heterocycles. The van der Waals surface area contributed by atoms with Crippen molar-refractivity contribution in [2.75, 3.05) is 13.1 Å². The van der Waals surface area contributed by atoms with Crippen molar-refractivity contribution in [1.82, 2.24) is 10.2 Å². The van der Waals surface area contributed by atoms with Crippen molar-refractivity contribution in [3.63, 3.8) is 0 Å². The summed E-state index contributed by atoms with van der Waals surface area (Å²) in [6.45, 7) is 12.5. The van der Waals surface area contributed by atoms with E-state index in [4.69, 9.17) is 11.6 Å². The summed E-state index contributed by atoms with van der Waals surface area (Å²) in [5.74, 6) is 0. The quantitative estimate of drug-likeness (QED) is 0.907. The second-order valence-corrected chi connectivity index (χ2v) is 8.32. The van der Waals surface area contributed by atoms with Crippen molar-refractivity contribution >= 4 is 22.9 Å². The molecule has 0 bridgehead atoms. The lowest BCUT2D eigenvalue weighted by atomic mass is 9.84. The molecule has 0 amide bonds. The Morgan fingerprint density at radius 2 is 2.16 bits per heavy atom. The van der Waals surface area contributed by atoms with E-state index < -0.39 is 0 Å². The van der Waals surface area contributed by atoms with Crippen molar-refractivity contribution in [3.8, 4) is 0 Å². The molecule has 1 aromatic rings. The topological polar surface area (TPSA) is 15.3 Å². The van der Waals surface area contributed by atoms with Crippen LogP contribution in [0.3, 0.4) is 0 Å². The average Bonchev–Trinajstić information content (AvgIpc) is 2.73. The van der Waals surface area contributed by atoms with Gasteiger partial charge in [-0.1, -0.05) is 39.3 Å². The fourth-order valence-electron chi connectivity index (χ4n) is 2.67. The van der Waals surface area contributed by atoms with E-state index in [1.54, 1.807) is 11.3 Å². The Morgan fingerprint density at radius 3 is 2.68 bits per heavy atom. The second-order valence-electron chi connectivity index (χ2n) is 6.52. The molecule has 1 aliphatic heterocycles. The van der Waals surface area contributed by atoms with Gasteiger partial charge in [0.25, 0.3) is 0 Å². The van der Waals surface area contributed by atoms with Crippen LogP contribution < -0.4 is 5.32 Å². The number of piperazine rings is 1. The minimum Gasteiger partial charge on any atom is -0.311 e. The van der Waals surface area contributed by atoms with Crippen molar-refractivity contribution in [1.29, 1.82) is 0 Å². The molecule has 108 valence electrons. The van der Waals surface area contributed by atoms with Gasteiger partial charge in [0.1, 0.15) is 0 Å². The molecule has 2 atom stereocenters. The molecule has 2 rings (SSSR count). The normalized spacial score (nSPS) is 25.7. The summed E-state index contributed by atoms with van der Waals surface area (Å²) in [5, 5.41) is 3.72. The Morgan fingerprint density at radius 1 is 1.42 bits per heavy atom. The summed E-state index contributed by atoms with van der Waals surface area (Å²) in [5.41, 5.74) is 0.310. The first-order valence-corrected chi connectivity index (χ1v) is 8.31. The number of hydrogen-bond donors (Lipinski definition) is 1. The summed E-state index contributed by atoms with van der Waals surface area (Å²) in [6.07, 6.45) is 1.20. The van der Waals surface area contributed by atoms with Gasteiger partial charge in [-0.05, 0) is 24.0 Å². The highest BCUT2D eigenvalue weighted by molar-refractivity contribution is 7.16. The highest BCUT2D eigenvalue weighted by Gasteiger charge is 2.33. The summed E-state index contributed by atoms with van der Waals surface area (Å²) < 4.78 is 0.894. The molecule has 1 saturated heterocycles. The smallest absolute Gasteiger partial charge is 0.0931 e. The van der Waals surface area contributed by atoms with Crippen molar-refractivity contribution in [3.05, 3.63) is 21.3 Å². The van der Waals surface area contributed by atoms with Crippen LogP contribution >= 0.6 is 22.9 Å². The number of rotatable bonds is 3. The van der Waals surface area contributed by atoms with Crippen LogP contribution in [-0.4, -0.2) is 30.1 Å². The molecule has 4 heteroatoms.